The zero-order valence-corrected chi connectivity index (χ0v) is 17.1. The van der Waals surface area contributed by atoms with Crippen LogP contribution in [0.2, 0.25) is 4.34 Å². The maximum absolute atomic E-state index is 12.4. The van der Waals surface area contributed by atoms with E-state index in [2.05, 4.69) is 11.0 Å². The average Bonchev–Trinajstić information content (AvgIpc) is 3.07. The second-order valence-corrected chi connectivity index (χ2v) is 9.13. The smallest absolute Gasteiger partial charge is 0.232 e. The number of ether oxygens (including phenoxy) is 1. The van der Waals surface area contributed by atoms with Crippen LogP contribution in [0.15, 0.2) is 12.1 Å². The van der Waals surface area contributed by atoms with Gasteiger partial charge in [0.05, 0.1) is 29.1 Å². The minimum Gasteiger partial charge on any atom is -0.378 e. The molecular weight excluding hydrogens is 394 g/mol. The lowest BCUT2D eigenvalue weighted by Crippen LogP contribution is -2.48. The molecule has 0 N–H and O–H groups in total. The highest BCUT2D eigenvalue weighted by Crippen LogP contribution is 2.23. The van der Waals surface area contributed by atoms with Crippen LogP contribution in [0.1, 0.15) is 4.88 Å². The summed E-state index contributed by atoms with van der Waals surface area (Å²) in [5, 5.41) is 0. The molecule has 0 aromatic carbocycles. The summed E-state index contributed by atoms with van der Waals surface area (Å²) in [7, 11) is 0. The molecule has 144 valence electrons. The first kappa shape index (κ1) is 19.9. The van der Waals surface area contributed by atoms with Gasteiger partial charge in [0, 0.05) is 50.7 Å². The van der Waals surface area contributed by atoms with Gasteiger partial charge in [-0.1, -0.05) is 11.6 Å². The average molecular weight is 418 g/mol. The third kappa shape index (κ3) is 5.85. The molecule has 0 bridgehead atoms. The molecule has 0 radical (unpaired) electrons. The third-order valence-corrected chi connectivity index (χ3v) is 6.67. The summed E-state index contributed by atoms with van der Waals surface area (Å²) in [5.74, 6) is 0.968. The second-order valence-electron chi connectivity index (χ2n) is 6.35. The Morgan fingerprint density at radius 2 is 1.62 bits per heavy atom. The van der Waals surface area contributed by atoms with Gasteiger partial charge < -0.3 is 14.5 Å². The minimum absolute atomic E-state index is 0.102. The number of piperazine rings is 1. The maximum atomic E-state index is 12.4. The Kier molecular flexibility index (Phi) is 7.63. The molecule has 26 heavy (non-hydrogen) atoms. The lowest BCUT2D eigenvalue weighted by Gasteiger charge is -2.34. The van der Waals surface area contributed by atoms with E-state index in [9.17, 15) is 9.59 Å². The van der Waals surface area contributed by atoms with Crippen LogP contribution < -0.4 is 0 Å². The number of hydrogen-bond acceptors (Lipinski definition) is 6. The SMILES string of the molecule is O=C(CSCC(=O)N1CCN(Cc2ccc(Cl)s2)CC1)N1CCOCC1. The summed E-state index contributed by atoms with van der Waals surface area (Å²) in [4.78, 5) is 31.8. The largest absolute Gasteiger partial charge is 0.378 e. The summed E-state index contributed by atoms with van der Waals surface area (Å²) in [6.07, 6.45) is 0. The van der Waals surface area contributed by atoms with Crippen molar-refractivity contribution in [3.05, 3.63) is 21.3 Å². The van der Waals surface area contributed by atoms with Crippen molar-refractivity contribution in [3.8, 4) is 0 Å². The van der Waals surface area contributed by atoms with Crippen molar-refractivity contribution in [2.45, 2.75) is 6.54 Å². The molecule has 0 unspecified atom stereocenters. The van der Waals surface area contributed by atoms with Gasteiger partial charge in [-0.25, -0.2) is 0 Å². The van der Waals surface area contributed by atoms with E-state index in [-0.39, 0.29) is 11.8 Å². The first-order valence-electron chi connectivity index (χ1n) is 8.79. The molecule has 0 atom stereocenters. The highest BCUT2D eigenvalue weighted by atomic mass is 35.5. The van der Waals surface area contributed by atoms with Crippen molar-refractivity contribution >= 4 is 46.5 Å². The van der Waals surface area contributed by atoms with Crippen LogP contribution >= 0.6 is 34.7 Å². The predicted octanol–water partition coefficient (Wildman–Crippen LogP) is 1.64. The van der Waals surface area contributed by atoms with Crippen molar-refractivity contribution in [1.29, 1.82) is 0 Å². The summed E-state index contributed by atoms with van der Waals surface area (Å²) in [5.41, 5.74) is 0. The molecule has 3 heterocycles. The van der Waals surface area contributed by atoms with E-state index in [0.29, 0.717) is 37.8 Å². The standard InChI is InChI=1S/C17H24ClN3O3S2/c18-15-2-1-14(26-15)11-19-3-5-20(6-4-19)16(22)12-25-13-17(23)21-7-9-24-10-8-21/h1-2H,3-13H2. The number of halogens is 1. The van der Waals surface area contributed by atoms with Crippen molar-refractivity contribution in [3.63, 3.8) is 0 Å². The van der Waals surface area contributed by atoms with E-state index in [1.54, 1.807) is 11.3 Å². The van der Waals surface area contributed by atoms with E-state index < -0.39 is 0 Å². The van der Waals surface area contributed by atoms with Crippen LogP contribution in [0.25, 0.3) is 0 Å². The molecule has 0 spiro atoms. The van der Waals surface area contributed by atoms with Crippen LogP contribution in [0.4, 0.5) is 0 Å². The Hall–Kier alpha value is -0.800. The summed E-state index contributed by atoms with van der Waals surface area (Å²) in [6.45, 7) is 6.66. The van der Waals surface area contributed by atoms with Crippen LogP contribution in [0.5, 0.6) is 0 Å². The summed E-state index contributed by atoms with van der Waals surface area (Å²) < 4.78 is 6.06. The fourth-order valence-corrected chi connectivity index (χ4v) is 4.98. The van der Waals surface area contributed by atoms with E-state index in [1.165, 1.54) is 16.6 Å². The molecule has 9 heteroatoms. The zero-order valence-electron chi connectivity index (χ0n) is 14.7. The Morgan fingerprint density at radius 3 is 2.19 bits per heavy atom. The zero-order chi connectivity index (χ0) is 18.4. The van der Waals surface area contributed by atoms with Gasteiger partial charge in [0.1, 0.15) is 0 Å². The first-order chi connectivity index (χ1) is 12.6. The number of carbonyl (C=O) groups is 2. The van der Waals surface area contributed by atoms with Gasteiger partial charge in [0.15, 0.2) is 0 Å². The molecule has 2 fully saturated rings. The molecule has 1 aromatic rings. The number of rotatable bonds is 6. The van der Waals surface area contributed by atoms with Crippen LogP contribution in [0.3, 0.4) is 0 Å². The van der Waals surface area contributed by atoms with E-state index in [0.717, 1.165) is 37.1 Å². The molecular formula is C17H24ClN3O3S2. The lowest BCUT2D eigenvalue weighted by molar-refractivity contribution is -0.132. The number of morpholine rings is 1. The first-order valence-corrected chi connectivity index (χ1v) is 11.1. The quantitative estimate of drug-likeness (QED) is 0.704. The van der Waals surface area contributed by atoms with Crippen molar-refractivity contribution < 1.29 is 14.3 Å². The monoisotopic (exact) mass is 417 g/mol. The Bertz CT molecular complexity index is 614. The van der Waals surface area contributed by atoms with Gasteiger partial charge in [0.2, 0.25) is 11.8 Å². The fourth-order valence-electron chi connectivity index (χ4n) is 3.03. The number of hydrogen-bond donors (Lipinski definition) is 0. The second kappa shape index (κ2) is 9.94. The normalized spacial score (nSPS) is 19.0. The highest BCUT2D eigenvalue weighted by Gasteiger charge is 2.22. The number of thioether (sulfide) groups is 1. The fraction of sp³-hybridized carbons (Fsp3) is 0.647. The van der Waals surface area contributed by atoms with E-state index in [1.807, 2.05) is 15.9 Å². The van der Waals surface area contributed by atoms with Crippen LogP contribution in [-0.4, -0.2) is 90.5 Å². The number of amides is 2. The molecule has 1 aromatic heterocycles. The van der Waals surface area contributed by atoms with Gasteiger partial charge in [-0.3, -0.25) is 14.5 Å². The van der Waals surface area contributed by atoms with Crippen molar-refractivity contribution in [1.82, 2.24) is 14.7 Å². The summed E-state index contributed by atoms with van der Waals surface area (Å²) in [6, 6.07) is 3.99. The lowest BCUT2D eigenvalue weighted by atomic mass is 10.3. The van der Waals surface area contributed by atoms with Crippen LogP contribution in [0, 0.1) is 0 Å². The maximum Gasteiger partial charge on any atom is 0.232 e. The van der Waals surface area contributed by atoms with Gasteiger partial charge in [-0.05, 0) is 12.1 Å². The van der Waals surface area contributed by atoms with E-state index >= 15 is 0 Å². The molecule has 6 nitrogen and oxygen atoms in total. The molecule has 2 aliphatic heterocycles. The van der Waals surface area contributed by atoms with Crippen LogP contribution in [-0.2, 0) is 20.9 Å². The molecule has 0 saturated carbocycles. The Labute approximate surface area is 167 Å². The molecule has 0 aliphatic carbocycles. The number of thiophene rings is 1. The van der Waals surface area contributed by atoms with E-state index in [4.69, 9.17) is 16.3 Å². The predicted molar refractivity (Wildman–Crippen MR) is 106 cm³/mol. The van der Waals surface area contributed by atoms with Gasteiger partial charge >= 0.3 is 0 Å². The third-order valence-electron chi connectivity index (χ3n) is 4.55. The molecule has 2 aliphatic rings. The van der Waals surface area contributed by atoms with Gasteiger partial charge in [-0.2, -0.15) is 0 Å². The Morgan fingerprint density at radius 1 is 1.00 bits per heavy atom. The van der Waals surface area contributed by atoms with Crippen molar-refractivity contribution in [2.24, 2.45) is 0 Å². The van der Waals surface area contributed by atoms with Crippen molar-refractivity contribution in [2.75, 3.05) is 64.0 Å². The Balaban J connectivity index is 1.32. The topological polar surface area (TPSA) is 53.1 Å². The number of nitrogens with zero attached hydrogens (tertiary/aromatic N) is 3. The number of carbonyl (C=O) groups excluding carboxylic acids is 2. The molecule has 2 saturated heterocycles. The minimum atomic E-state index is 0.102. The molecule has 2 amide bonds. The molecule has 3 rings (SSSR count). The van der Waals surface area contributed by atoms with Gasteiger partial charge in [0.25, 0.3) is 0 Å². The van der Waals surface area contributed by atoms with Gasteiger partial charge in [-0.15, -0.1) is 23.1 Å². The summed E-state index contributed by atoms with van der Waals surface area (Å²) >= 11 is 9.00. The highest BCUT2D eigenvalue weighted by molar-refractivity contribution is 8.00.